The lowest BCUT2D eigenvalue weighted by molar-refractivity contribution is 0.128. The third-order valence-corrected chi connectivity index (χ3v) is 2.43. The second-order valence-electron chi connectivity index (χ2n) is 3.65. The van der Waals surface area contributed by atoms with Crippen molar-refractivity contribution in [1.29, 1.82) is 0 Å². The molecule has 7 nitrogen and oxygen atoms in total. The molecule has 2 aromatic heterocycles. The summed E-state index contributed by atoms with van der Waals surface area (Å²) in [4.78, 5) is 12.3. The average molecular weight is 284 g/mol. The van der Waals surface area contributed by atoms with Gasteiger partial charge in [-0.25, -0.2) is 9.97 Å². The predicted molar refractivity (Wildman–Crippen MR) is 68.9 cm³/mol. The molecule has 0 aliphatic carbocycles. The molecule has 0 saturated carbocycles. The highest BCUT2D eigenvalue weighted by Crippen LogP contribution is 2.12. The van der Waals surface area contributed by atoms with Gasteiger partial charge in [-0.05, 0) is 6.92 Å². The van der Waals surface area contributed by atoms with Crippen LogP contribution in [0.15, 0.2) is 17.0 Å². The van der Waals surface area contributed by atoms with Gasteiger partial charge in [0.2, 0.25) is 6.39 Å². The maximum atomic E-state index is 5.92. The number of nitrogens with one attached hydrogen (secondary N) is 1. The molecule has 0 spiro atoms. The van der Waals surface area contributed by atoms with Gasteiger partial charge in [-0.2, -0.15) is 4.98 Å². The lowest BCUT2D eigenvalue weighted by atomic mass is 10.4. The van der Waals surface area contributed by atoms with Crippen LogP contribution in [0.1, 0.15) is 18.6 Å². The first kappa shape index (κ1) is 13.7. The molecular formula is C11H14ClN5O2. The molecule has 102 valence electrons. The SMILES string of the molecule is CCOCc1nc(Cl)cc(NCCc2ncon2)n1. The molecule has 0 atom stereocenters. The zero-order chi connectivity index (χ0) is 13.5. The Labute approximate surface area is 115 Å². The Hall–Kier alpha value is -1.73. The summed E-state index contributed by atoms with van der Waals surface area (Å²) in [5, 5.41) is 7.23. The highest BCUT2D eigenvalue weighted by atomic mass is 35.5. The molecular weight excluding hydrogens is 270 g/mol. The number of hydrogen-bond acceptors (Lipinski definition) is 7. The lowest BCUT2D eigenvalue weighted by Crippen LogP contribution is -2.09. The molecule has 0 fully saturated rings. The summed E-state index contributed by atoms with van der Waals surface area (Å²) in [6.45, 7) is 3.49. The van der Waals surface area contributed by atoms with Crippen LogP contribution in [0.3, 0.4) is 0 Å². The molecule has 0 aliphatic heterocycles. The summed E-state index contributed by atoms with van der Waals surface area (Å²) >= 11 is 5.92. The molecule has 19 heavy (non-hydrogen) atoms. The number of nitrogens with zero attached hydrogens (tertiary/aromatic N) is 4. The van der Waals surface area contributed by atoms with Gasteiger partial charge in [0.25, 0.3) is 0 Å². The summed E-state index contributed by atoms with van der Waals surface area (Å²) < 4.78 is 9.90. The van der Waals surface area contributed by atoms with E-state index in [0.717, 1.165) is 0 Å². The number of rotatable bonds is 7. The van der Waals surface area contributed by atoms with E-state index in [1.165, 1.54) is 6.39 Å². The van der Waals surface area contributed by atoms with Crippen molar-refractivity contribution >= 4 is 17.4 Å². The summed E-state index contributed by atoms with van der Waals surface area (Å²) in [5.41, 5.74) is 0. The minimum absolute atomic E-state index is 0.344. The largest absolute Gasteiger partial charge is 0.374 e. The third-order valence-electron chi connectivity index (χ3n) is 2.24. The van der Waals surface area contributed by atoms with Gasteiger partial charge < -0.3 is 14.6 Å². The van der Waals surface area contributed by atoms with Crippen LogP contribution in [0, 0.1) is 0 Å². The minimum atomic E-state index is 0.344. The predicted octanol–water partition coefficient (Wildman–Crippen LogP) is 1.70. The zero-order valence-corrected chi connectivity index (χ0v) is 11.2. The fraction of sp³-hybridized carbons (Fsp3) is 0.455. The minimum Gasteiger partial charge on any atom is -0.374 e. The topological polar surface area (TPSA) is 86.0 Å². The second-order valence-corrected chi connectivity index (χ2v) is 4.04. The number of halogens is 1. The Balaban J connectivity index is 1.90. The molecule has 2 rings (SSSR count). The highest BCUT2D eigenvalue weighted by molar-refractivity contribution is 6.29. The molecule has 8 heteroatoms. The van der Waals surface area contributed by atoms with Crippen LogP contribution < -0.4 is 5.32 Å². The van der Waals surface area contributed by atoms with Crippen molar-refractivity contribution < 1.29 is 9.26 Å². The van der Waals surface area contributed by atoms with Crippen LogP contribution in [0.5, 0.6) is 0 Å². The molecule has 2 aromatic rings. The van der Waals surface area contributed by atoms with Crippen LogP contribution in [0.25, 0.3) is 0 Å². The Morgan fingerprint density at radius 1 is 1.37 bits per heavy atom. The summed E-state index contributed by atoms with van der Waals surface area (Å²) in [5.74, 6) is 1.84. The van der Waals surface area contributed by atoms with Gasteiger partial charge in [-0.15, -0.1) is 0 Å². The number of ether oxygens (including phenoxy) is 1. The van der Waals surface area contributed by atoms with Gasteiger partial charge in [0, 0.05) is 25.6 Å². The maximum absolute atomic E-state index is 5.92. The van der Waals surface area contributed by atoms with Crippen molar-refractivity contribution in [2.45, 2.75) is 20.0 Å². The van der Waals surface area contributed by atoms with Crippen LogP contribution in [0.4, 0.5) is 5.82 Å². The molecule has 0 bridgehead atoms. The van der Waals surface area contributed by atoms with Crippen molar-refractivity contribution in [3.63, 3.8) is 0 Å². The molecule has 0 unspecified atom stereocenters. The van der Waals surface area contributed by atoms with Crippen molar-refractivity contribution in [3.05, 3.63) is 29.3 Å². The van der Waals surface area contributed by atoms with Gasteiger partial charge in [0.05, 0.1) is 0 Å². The van der Waals surface area contributed by atoms with E-state index in [1.54, 1.807) is 6.07 Å². The molecule has 2 heterocycles. The third kappa shape index (κ3) is 4.46. The molecule has 0 aliphatic rings. The van der Waals surface area contributed by atoms with E-state index in [1.807, 2.05) is 6.92 Å². The van der Waals surface area contributed by atoms with E-state index in [4.69, 9.17) is 16.3 Å². The fourth-order valence-corrected chi connectivity index (χ4v) is 1.62. The summed E-state index contributed by atoms with van der Waals surface area (Å²) in [7, 11) is 0. The quantitative estimate of drug-likeness (QED) is 0.774. The maximum Gasteiger partial charge on any atom is 0.213 e. The molecule has 0 saturated heterocycles. The highest BCUT2D eigenvalue weighted by Gasteiger charge is 2.04. The van der Waals surface area contributed by atoms with E-state index in [0.29, 0.717) is 48.8 Å². The monoisotopic (exact) mass is 283 g/mol. The lowest BCUT2D eigenvalue weighted by Gasteiger charge is -2.07. The fourth-order valence-electron chi connectivity index (χ4n) is 1.42. The van der Waals surface area contributed by atoms with Crippen molar-refractivity contribution in [2.24, 2.45) is 0 Å². The Kier molecular flexibility index (Phi) is 5.05. The first-order chi connectivity index (χ1) is 9.28. The Morgan fingerprint density at radius 3 is 3.00 bits per heavy atom. The zero-order valence-electron chi connectivity index (χ0n) is 10.5. The van der Waals surface area contributed by atoms with Crippen molar-refractivity contribution in [1.82, 2.24) is 20.1 Å². The molecule has 0 amide bonds. The Bertz CT molecular complexity index is 506. The van der Waals surface area contributed by atoms with Gasteiger partial charge >= 0.3 is 0 Å². The molecule has 0 aromatic carbocycles. The van der Waals surface area contributed by atoms with Crippen molar-refractivity contribution in [2.75, 3.05) is 18.5 Å². The first-order valence-corrected chi connectivity index (χ1v) is 6.26. The number of anilines is 1. The smallest absolute Gasteiger partial charge is 0.213 e. The van der Waals surface area contributed by atoms with Gasteiger partial charge in [-0.3, -0.25) is 0 Å². The Morgan fingerprint density at radius 2 is 2.26 bits per heavy atom. The average Bonchev–Trinajstić information content (AvgIpc) is 2.89. The van der Waals surface area contributed by atoms with Gasteiger partial charge in [0.15, 0.2) is 11.6 Å². The van der Waals surface area contributed by atoms with E-state index in [2.05, 4.69) is 29.9 Å². The van der Waals surface area contributed by atoms with Crippen molar-refractivity contribution in [3.8, 4) is 0 Å². The first-order valence-electron chi connectivity index (χ1n) is 5.88. The van der Waals surface area contributed by atoms with E-state index >= 15 is 0 Å². The van der Waals surface area contributed by atoms with Gasteiger partial charge in [0.1, 0.15) is 17.6 Å². The van der Waals surface area contributed by atoms with E-state index in [9.17, 15) is 0 Å². The second kappa shape index (κ2) is 7.01. The summed E-state index contributed by atoms with van der Waals surface area (Å²) in [6.07, 6.45) is 1.94. The van der Waals surface area contributed by atoms with Crippen LogP contribution in [0.2, 0.25) is 5.15 Å². The summed E-state index contributed by atoms with van der Waals surface area (Å²) in [6, 6.07) is 1.66. The molecule has 1 N–H and O–H groups in total. The molecule has 0 radical (unpaired) electrons. The standard InChI is InChI=1S/C11H14ClN5O2/c1-2-18-6-11-15-8(12)5-10(16-11)13-4-3-9-14-7-19-17-9/h5,7H,2-4,6H2,1H3,(H,13,15,16). The van der Waals surface area contributed by atoms with Crippen LogP contribution in [-0.2, 0) is 17.8 Å². The van der Waals surface area contributed by atoms with Crippen LogP contribution >= 0.6 is 11.6 Å². The number of hydrogen-bond donors (Lipinski definition) is 1. The van der Waals surface area contributed by atoms with Crippen LogP contribution in [-0.4, -0.2) is 33.3 Å². The van der Waals surface area contributed by atoms with E-state index < -0.39 is 0 Å². The van der Waals surface area contributed by atoms with E-state index in [-0.39, 0.29) is 0 Å². The number of aromatic nitrogens is 4. The normalized spacial score (nSPS) is 10.6. The van der Waals surface area contributed by atoms with Gasteiger partial charge in [-0.1, -0.05) is 16.8 Å².